The van der Waals surface area contributed by atoms with Crippen molar-refractivity contribution in [3.05, 3.63) is 53.6 Å². The molecule has 11 heteroatoms. The molecular weight excluding hydrogens is 530 g/mol. The molecule has 2 aromatic rings. The van der Waals surface area contributed by atoms with Gasteiger partial charge in [-0.05, 0) is 68.4 Å². The number of carbonyl (C=O) groups is 3. The van der Waals surface area contributed by atoms with Crippen molar-refractivity contribution in [3.8, 4) is 5.75 Å². The van der Waals surface area contributed by atoms with E-state index in [1.165, 1.54) is 0 Å². The van der Waals surface area contributed by atoms with Gasteiger partial charge in [0.05, 0.1) is 32.3 Å². The van der Waals surface area contributed by atoms with Gasteiger partial charge in [-0.25, -0.2) is 0 Å². The minimum atomic E-state index is -2.92. The third kappa shape index (κ3) is 4.81. The first kappa shape index (κ1) is 28.3. The number of benzene rings is 2. The maximum atomic E-state index is 13.6. The second-order valence-corrected chi connectivity index (χ2v) is 15.5. The monoisotopic (exact) mass is 567 g/mol. The summed E-state index contributed by atoms with van der Waals surface area (Å²) in [6.45, 7) is 5.98. The van der Waals surface area contributed by atoms with Crippen LogP contribution in [0, 0.1) is 5.92 Å². The lowest BCUT2D eigenvalue weighted by Crippen LogP contribution is -2.44. The molecule has 40 heavy (non-hydrogen) atoms. The van der Waals surface area contributed by atoms with Gasteiger partial charge in [-0.2, -0.15) is 0 Å². The molecule has 3 amide bonds. The van der Waals surface area contributed by atoms with Gasteiger partial charge in [0.1, 0.15) is 5.75 Å². The van der Waals surface area contributed by atoms with E-state index in [9.17, 15) is 24.3 Å². The fourth-order valence-corrected chi connectivity index (χ4v) is 9.32. The molecule has 2 fully saturated rings. The van der Waals surface area contributed by atoms with Crippen molar-refractivity contribution in [2.45, 2.75) is 62.6 Å². The van der Waals surface area contributed by atoms with Crippen LogP contribution in [-0.4, -0.2) is 73.2 Å². The van der Waals surface area contributed by atoms with E-state index < -0.39 is 31.5 Å². The number of rotatable bonds is 7. The zero-order valence-electron chi connectivity index (χ0n) is 23.3. The minimum absolute atomic E-state index is 0.0146. The molecule has 10 nitrogen and oxygen atoms in total. The number of hydrogen-bond donors (Lipinski definition) is 4. The third-order valence-electron chi connectivity index (χ3n) is 8.63. The Morgan fingerprint density at radius 1 is 1.23 bits per heavy atom. The second-order valence-electron chi connectivity index (χ2n) is 11.5. The zero-order chi connectivity index (χ0) is 28.8. The molecule has 1 spiro atoms. The minimum Gasteiger partial charge on any atom is -0.497 e. The van der Waals surface area contributed by atoms with Gasteiger partial charge in [-0.1, -0.05) is 6.92 Å². The number of nitrogens with zero attached hydrogens (tertiary/aromatic N) is 1. The fourth-order valence-electron chi connectivity index (χ4n) is 6.76. The van der Waals surface area contributed by atoms with Gasteiger partial charge in [0.25, 0.3) is 11.8 Å². The van der Waals surface area contributed by atoms with Crippen molar-refractivity contribution in [3.63, 3.8) is 0 Å². The van der Waals surface area contributed by atoms with Crippen molar-refractivity contribution in [2.24, 2.45) is 5.92 Å². The van der Waals surface area contributed by atoms with Crippen LogP contribution >= 0.6 is 0 Å². The van der Waals surface area contributed by atoms with Gasteiger partial charge in [0.2, 0.25) is 5.91 Å². The van der Waals surface area contributed by atoms with E-state index in [0.717, 1.165) is 12.8 Å². The molecule has 5 rings (SSSR count). The molecule has 3 aliphatic heterocycles. The molecule has 0 aromatic heterocycles. The van der Waals surface area contributed by atoms with Crippen LogP contribution in [0.1, 0.15) is 42.1 Å². The van der Waals surface area contributed by atoms with E-state index in [1.807, 2.05) is 6.92 Å². The molecule has 5 atom stereocenters. The highest BCUT2D eigenvalue weighted by Gasteiger charge is 2.65. The summed E-state index contributed by atoms with van der Waals surface area (Å²) in [5, 5.41) is 15.5. The molecule has 4 N–H and O–H groups in total. The lowest BCUT2D eigenvalue weighted by atomic mass is 9.82. The molecule has 0 aliphatic carbocycles. The highest BCUT2D eigenvalue weighted by atomic mass is 28.4. The second kappa shape index (κ2) is 10.6. The quantitative estimate of drug-likeness (QED) is 0.378. The summed E-state index contributed by atoms with van der Waals surface area (Å²) >= 11 is 0. The first-order valence-corrected chi connectivity index (χ1v) is 16.7. The molecule has 0 radical (unpaired) electrons. The summed E-state index contributed by atoms with van der Waals surface area (Å²) in [7, 11) is -1.37. The smallest absolute Gasteiger partial charge is 0.261 e. The number of carbonyl (C=O) groups excluding carboxylic acids is 3. The Bertz CT molecular complexity index is 1310. The summed E-state index contributed by atoms with van der Waals surface area (Å²) in [5.41, 5.74) is 0.268. The van der Waals surface area contributed by atoms with Crippen LogP contribution in [0.25, 0.3) is 0 Å². The average Bonchev–Trinajstić information content (AvgIpc) is 3.59. The van der Waals surface area contributed by atoms with Crippen molar-refractivity contribution in [2.75, 3.05) is 30.9 Å². The van der Waals surface area contributed by atoms with Crippen LogP contribution in [0.2, 0.25) is 18.6 Å². The first-order chi connectivity index (χ1) is 19.0. The van der Waals surface area contributed by atoms with E-state index in [1.54, 1.807) is 67.6 Å². The molecule has 0 unspecified atom stereocenters. The largest absolute Gasteiger partial charge is 0.497 e. The number of aliphatic hydroxyl groups excluding tert-OH is 1. The average molecular weight is 568 g/mol. The maximum absolute atomic E-state index is 13.6. The van der Waals surface area contributed by atoms with E-state index in [-0.39, 0.29) is 36.8 Å². The van der Waals surface area contributed by atoms with Crippen molar-refractivity contribution < 1.29 is 33.8 Å². The lowest BCUT2D eigenvalue weighted by molar-refractivity contribution is -0.148. The summed E-state index contributed by atoms with van der Waals surface area (Å²) in [6, 6.07) is 11.7. The Morgan fingerprint density at radius 2 is 1.95 bits per heavy atom. The SMILES string of the molecule is COc1ccc(C(=O)Nc2ccc3c(c2)[C@@]2(O[C@H](CC(=O)N4CCC[C@H]4CO)[C@@H]([Si](C)(C)O)[C@@H]2C)C(=O)N3)cc1. The van der Waals surface area contributed by atoms with E-state index in [4.69, 9.17) is 9.47 Å². The molecule has 2 aromatic carbocycles. The van der Waals surface area contributed by atoms with Gasteiger partial charge in [-0.15, -0.1) is 0 Å². The predicted molar refractivity (Wildman–Crippen MR) is 152 cm³/mol. The molecule has 0 bridgehead atoms. The van der Waals surface area contributed by atoms with Crippen LogP contribution < -0.4 is 15.4 Å². The molecule has 3 heterocycles. The van der Waals surface area contributed by atoms with Gasteiger partial charge in [-0.3, -0.25) is 14.4 Å². The van der Waals surface area contributed by atoms with E-state index in [0.29, 0.717) is 34.8 Å². The lowest BCUT2D eigenvalue weighted by Gasteiger charge is -2.32. The molecular formula is C29H37N3O7Si. The standard InChI is InChI=1S/C29H37N3O7Si/c1-17-26(40(3,4)37)24(15-25(34)32-13-5-6-20(32)16-33)39-29(17)22-14-19(9-12-23(22)31-28(29)36)30-27(35)18-7-10-21(38-2)11-8-18/h7-12,14,17,20,24,26,33,37H,5-6,13,15-16H2,1-4H3,(H,30,35)(H,31,36)/t17-,20-,24+,26-,29+/m0/s1. The number of nitrogens with one attached hydrogen (secondary N) is 2. The van der Waals surface area contributed by atoms with Gasteiger partial charge >= 0.3 is 0 Å². The summed E-state index contributed by atoms with van der Waals surface area (Å²) in [6.07, 6.45) is 0.912. The van der Waals surface area contributed by atoms with Crippen LogP contribution in [-0.2, 0) is 19.9 Å². The summed E-state index contributed by atoms with van der Waals surface area (Å²) in [4.78, 5) is 52.9. The van der Waals surface area contributed by atoms with Crippen molar-refractivity contribution >= 4 is 37.4 Å². The van der Waals surface area contributed by atoms with E-state index >= 15 is 0 Å². The predicted octanol–water partition coefficient (Wildman–Crippen LogP) is 3.07. The number of likely N-dealkylation sites (tertiary alicyclic amines) is 1. The summed E-state index contributed by atoms with van der Waals surface area (Å²) < 4.78 is 11.8. The number of hydrogen-bond acceptors (Lipinski definition) is 7. The van der Waals surface area contributed by atoms with Crippen LogP contribution in [0.5, 0.6) is 5.75 Å². The maximum Gasteiger partial charge on any atom is 0.261 e. The Morgan fingerprint density at radius 3 is 2.60 bits per heavy atom. The number of aliphatic hydroxyl groups is 1. The normalized spacial score (nSPS) is 27.6. The van der Waals surface area contributed by atoms with E-state index in [2.05, 4.69) is 10.6 Å². The number of methoxy groups -OCH3 is 1. The molecule has 2 saturated heterocycles. The fraction of sp³-hybridized carbons (Fsp3) is 0.483. The van der Waals surface area contributed by atoms with Gasteiger partial charge in [0.15, 0.2) is 13.9 Å². The highest BCUT2D eigenvalue weighted by Crippen LogP contribution is 2.58. The van der Waals surface area contributed by atoms with Gasteiger partial charge in [0, 0.05) is 40.5 Å². The Labute approximate surface area is 234 Å². The number of ether oxygens (including phenoxy) is 2. The molecule has 214 valence electrons. The van der Waals surface area contributed by atoms with Crippen LogP contribution in [0.4, 0.5) is 11.4 Å². The Balaban J connectivity index is 1.44. The van der Waals surface area contributed by atoms with Crippen LogP contribution in [0.15, 0.2) is 42.5 Å². The topological polar surface area (TPSA) is 137 Å². The summed E-state index contributed by atoms with van der Waals surface area (Å²) in [5.74, 6) is -0.599. The molecule has 0 saturated carbocycles. The van der Waals surface area contributed by atoms with Crippen molar-refractivity contribution in [1.29, 1.82) is 0 Å². The number of amides is 3. The zero-order valence-corrected chi connectivity index (χ0v) is 24.3. The van der Waals surface area contributed by atoms with Crippen molar-refractivity contribution in [1.82, 2.24) is 4.90 Å². The van der Waals surface area contributed by atoms with Crippen LogP contribution in [0.3, 0.4) is 0 Å². The number of anilines is 2. The number of fused-ring (bicyclic) bond motifs is 2. The Hall–Kier alpha value is -3.25. The Kier molecular flexibility index (Phi) is 7.51. The molecule has 3 aliphatic rings. The first-order valence-electron chi connectivity index (χ1n) is 13.7. The third-order valence-corrected chi connectivity index (χ3v) is 11.1. The highest BCUT2D eigenvalue weighted by molar-refractivity contribution is 6.71. The van der Waals surface area contributed by atoms with Gasteiger partial charge < -0.3 is 34.9 Å².